The minimum absolute atomic E-state index is 0.0280. The van der Waals surface area contributed by atoms with Gasteiger partial charge in [-0.15, -0.1) is 0 Å². The zero-order chi connectivity index (χ0) is 23.2. The van der Waals surface area contributed by atoms with Crippen LogP contribution in [0.25, 0.3) is 17.0 Å². The fourth-order valence-corrected chi connectivity index (χ4v) is 4.07. The zero-order valence-electron chi connectivity index (χ0n) is 18.5. The molecule has 7 heteroatoms. The molecule has 1 aliphatic rings. The van der Waals surface area contributed by atoms with Gasteiger partial charge in [-0.25, -0.2) is 0 Å². The highest BCUT2D eigenvalue weighted by molar-refractivity contribution is 6.31. The van der Waals surface area contributed by atoms with Gasteiger partial charge in [0.1, 0.15) is 24.0 Å². The number of hydrogen-bond acceptors (Lipinski definition) is 4. The number of para-hydroxylation sites is 1. The van der Waals surface area contributed by atoms with Crippen molar-refractivity contribution in [3.05, 3.63) is 70.4 Å². The van der Waals surface area contributed by atoms with Crippen molar-refractivity contribution in [2.24, 2.45) is 0 Å². The Bertz CT molecular complexity index is 1220. The first-order valence-electron chi connectivity index (χ1n) is 11.0. The van der Waals surface area contributed by atoms with Gasteiger partial charge in [0, 0.05) is 40.8 Å². The van der Waals surface area contributed by atoms with Crippen LogP contribution >= 0.6 is 11.6 Å². The van der Waals surface area contributed by atoms with E-state index >= 15 is 0 Å². The zero-order valence-corrected chi connectivity index (χ0v) is 19.3. The Labute approximate surface area is 198 Å². The summed E-state index contributed by atoms with van der Waals surface area (Å²) >= 11 is 6.08. The van der Waals surface area contributed by atoms with Gasteiger partial charge >= 0.3 is 0 Å². The molecular weight excluding hydrogens is 438 g/mol. The second-order valence-electron chi connectivity index (χ2n) is 8.07. The SMILES string of the molecule is Cc1cc(OCCn2cc(C=C(C#N)C(=O)NCC3CCCO3)c3ccccc32)ccc1Cl. The molecule has 2 heterocycles. The van der Waals surface area contributed by atoms with Crippen LogP contribution in [0.2, 0.25) is 5.02 Å². The molecule has 170 valence electrons. The number of carbonyl (C=O) groups excluding carboxylic acids is 1. The lowest BCUT2D eigenvalue weighted by Gasteiger charge is -2.10. The minimum Gasteiger partial charge on any atom is -0.492 e. The summed E-state index contributed by atoms with van der Waals surface area (Å²) in [5.74, 6) is 0.384. The van der Waals surface area contributed by atoms with Crippen molar-refractivity contribution in [3.63, 3.8) is 0 Å². The van der Waals surface area contributed by atoms with Crippen molar-refractivity contribution in [1.82, 2.24) is 9.88 Å². The molecule has 1 fully saturated rings. The van der Waals surface area contributed by atoms with Crippen LogP contribution in [0, 0.1) is 18.3 Å². The van der Waals surface area contributed by atoms with Crippen molar-refractivity contribution < 1.29 is 14.3 Å². The van der Waals surface area contributed by atoms with Gasteiger partial charge in [0.25, 0.3) is 5.91 Å². The van der Waals surface area contributed by atoms with Gasteiger partial charge in [-0.2, -0.15) is 5.26 Å². The van der Waals surface area contributed by atoms with Crippen molar-refractivity contribution >= 4 is 34.5 Å². The molecule has 0 bridgehead atoms. The van der Waals surface area contributed by atoms with E-state index in [1.165, 1.54) is 0 Å². The number of fused-ring (bicyclic) bond motifs is 1. The van der Waals surface area contributed by atoms with E-state index in [9.17, 15) is 10.1 Å². The number of aromatic nitrogens is 1. The van der Waals surface area contributed by atoms with Crippen LogP contribution in [0.5, 0.6) is 5.75 Å². The predicted octanol–water partition coefficient (Wildman–Crippen LogP) is 4.88. The molecule has 3 aromatic rings. The summed E-state index contributed by atoms with van der Waals surface area (Å²) < 4.78 is 13.5. The number of aryl methyl sites for hydroxylation is 1. The average molecular weight is 464 g/mol. The van der Waals surface area contributed by atoms with Crippen LogP contribution in [0.4, 0.5) is 0 Å². The first kappa shape index (κ1) is 22.9. The molecule has 1 atom stereocenters. The minimum atomic E-state index is -0.383. The number of rotatable bonds is 8. The smallest absolute Gasteiger partial charge is 0.262 e. The Morgan fingerprint density at radius 2 is 2.21 bits per heavy atom. The van der Waals surface area contributed by atoms with Crippen LogP contribution < -0.4 is 10.1 Å². The Morgan fingerprint density at radius 3 is 2.97 bits per heavy atom. The standard InChI is InChI=1S/C26H26ClN3O3/c1-18-13-21(8-9-24(18)27)33-12-10-30-17-20(23-6-2-3-7-25(23)30)14-19(15-28)26(31)29-16-22-5-4-11-32-22/h2-3,6-9,13-14,17,22H,4-5,10-12,16H2,1H3,(H,29,31). The van der Waals surface area contributed by atoms with Gasteiger partial charge in [-0.1, -0.05) is 29.8 Å². The summed E-state index contributed by atoms with van der Waals surface area (Å²) in [6, 6.07) is 15.5. The number of halogens is 1. The first-order valence-corrected chi connectivity index (χ1v) is 11.4. The molecule has 1 unspecified atom stereocenters. The normalized spacial score (nSPS) is 16.0. The molecule has 33 heavy (non-hydrogen) atoms. The molecule has 1 amide bonds. The highest BCUT2D eigenvalue weighted by Gasteiger charge is 2.18. The Morgan fingerprint density at radius 1 is 1.36 bits per heavy atom. The van der Waals surface area contributed by atoms with Gasteiger partial charge in [0.05, 0.1) is 12.6 Å². The molecular formula is C26H26ClN3O3. The maximum atomic E-state index is 12.6. The van der Waals surface area contributed by atoms with Crippen molar-refractivity contribution in [2.45, 2.75) is 32.4 Å². The number of ether oxygens (including phenoxy) is 2. The molecule has 0 spiro atoms. The highest BCUT2D eigenvalue weighted by Crippen LogP contribution is 2.25. The van der Waals surface area contributed by atoms with Crippen LogP contribution in [-0.2, 0) is 16.1 Å². The number of nitrogens with zero attached hydrogens (tertiary/aromatic N) is 2. The average Bonchev–Trinajstić information content (AvgIpc) is 3.47. The van der Waals surface area contributed by atoms with Gasteiger partial charge in [-0.05, 0) is 55.7 Å². The molecule has 1 saturated heterocycles. The Balaban J connectivity index is 1.48. The van der Waals surface area contributed by atoms with Gasteiger partial charge in [0.15, 0.2) is 0 Å². The number of amides is 1. The number of carbonyl (C=O) groups is 1. The van der Waals surface area contributed by atoms with Gasteiger partial charge < -0.3 is 19.4 Å². The van der Waals surface area contributed by atoms with Crippen LogP contribution in [0.15, 0.2) is 54.2 Å². The summed E-state index contributed by atoms with van der Waals surface area (Å²) in [4.78, 5) is 12.6. The lowest BCUT2D eigenvalue weighted by Crippen LogP contribution is -2.32. The first-order chi connectivity index (χ1) is 16.0. The second-order valence-corrected chi connectivity index (χ2v) is 8.48. The molecule has 0 saturated carbocycles. The summed E-state index contributed by atoms with van der Waals surface area (Å²) in [6.07, 6.45) is 5.55. The van der Waals surface area contributed by atoms with Gasteiger partial charge in [0.2, 0.25) is 0 Å². The number of benzene rings is 2. The third-order valence-corrected chi connectivity index (χ3v) is 6.15. The van der Waals surface area contributed by atoms with Crippen LogP contribution in [-0.4, -0.2) is 36.3 Å². The lowest BCUT2D eigenvalue weighted by atomic mass is 10.1. The topological polar surface area (TPSA) is 76.3 Å². The summed E-state index contributed by atoms with van der Waals surface area (Å²) in [5.41, 5.74) is 2.87. The second kappa shape index (κ2) is 10.6. The molecule has 0 radical (unpaired) electrons. The molecule has 2 aromatic carbocycles. The number of nitrogens with one attached hydrogen (secondary N) is 1. The van der Waals surface area contributed by atoms with E-state index in [4.69, 9.17) is 21.1 Å². The molecule has 1 N–H and O–H groups in total. The predicted molar refractivity (Wildman–Crippen MR) is 129 cm³/mol. The van der Waals surface area contributed by atoms with E-state index in [0.717, 1.165) is 47.2 Å². The fraction of sp³-hybridized carbons (Fsp3) is 0.308. The molecule has 4 rings (SSSR count). The quantitative estimate of drug-likeness (QED) is 0.381. The maximum absolute atomic E-state index is 12.6. The Hall–Kier alpha value is -3.27. The van der Waals surface area contributed by atoms with E-state index in [0.29, 0.717) is 24.7 Å². The lowest BCUT2D eigenvalue weighted by molar-refractivity contribution is -0.117. The van der Waals surface area contributed by atoms with E-state index in [1.807, 2.05) is 61.7 Å². The van der Waals surface area contributed by atoms with Crippen LogP contribution in [0.1, 0.15) is 24.0 Å². The van der Waals surface area contributed by atoms with Crippen molar-refractivity contribution in [1.29, 1.82) is 5.26 Å². The molecule has 1 aliphatic heterocycles. The summed E-state index contributed by atoms with van der Waals surface area (Å²) in [7, 11) is 0. The largest absolute Gasteiger partial charge is 0.492 e. The summed E-state index contributed by atoms with van der Waals surface area (Å²) in [5, 5.41) is 14.1. The van der Waals surface area contributed by atoms with E-state index in [2.05, 4.69) is 9.88 Å². The monoisotopic (exact) mass is 463 g/mol. The Kier molecular flexibility index (Phi) is 7.33. The highest BCUT2D eigenvalue weighted by atomic mass is 35.5. The third kappa shape index (κ3) is 5.57. The molecule has 6 nitrogen and oxygen atoms in total. The maximum Gasteiger partial charge on any atom is 0.262 e. The third-order valence-electron chi connectivity index (χ3n) is 5.73. The number of hydrogen-bond donors (Lipinski definition) is 1. The molecule has 1 aromatic heterocycles. The summed E-state index contributed by atoms with van der Waals surface area (Å²) in [6.45, 7) is 4.17. The number of nitriles is 1. The van der Waals surface area contributed by atoms with E-state index in [1.54, 1.807) is 6.08 Å². The van der Waals surface area contributed by atoms with Crippen molar-refractivity contribution in [3.8, 4) is 11.8 Å². The fourth-order valence-electron chi connectivity index (χ4n) is 3.96. The van der Waals surface area contributed by atoms with Gasteiger partial charge in [-0.3, -0.25) is 4.79 Å². The van der Waals surface area contributed by atoms with E-state index in [-0.39, 0.29) is 17.6 Å². The molecule has 0 aliphatic carbocycles. The van der Waals surface area contributed by atoms with Crippen molar-refractivity contribution in [2.75, 3.05) is 19.8 Å². The van der Waals surface area contributed by atoms with Crippen LogP contribution in [0.3, 0.4) is 0 Å². The van der Waals surface area contributed by atoms with E-state index < -0.39 is 0 Å².